The average molecular weight is 126 g/mol. The Kier molecular flexibility index (Phi) is 0.931. The van der Waals surface area contributed by atoms with Crippen LogP contribution in [0.1, 0.15) is 6.42 Å². The van der Waals surface area contributed by atoms with Crippen LogP contribution in [-0.2, 0) is 0 Å². The normalized spacial score (nSPS) is 31.9. The Morgan fingerprint density at radius 2 is 2.33 bits per heavy atom. The van der Waals surface area contributed by atoms with Crippen LogP contribution in [0.5, 0.6) is 0 Å². The minimum Gasteiger partial charge on any atom is -0.385 e. The summed E-state index contributed by atoms with van der Waals surface area (Å²) in [6.07, 6.45) is 0.773. The van der Waals surface area contributed by atoms with Crippen LogP contribution in [0, 0.1) is 0 Å². The van der Waals surface area contributed by atoms with E-state index in [9.17, 15) is 5.11 Å². The van der Waals surface area contributed by atoms with Crippen LogP contribution in [0.4, 0.5) is 0 Å². The highest BCUT2D eigenvalue weighted by molar-refractivity contribution is 5.25. The van der Waals surface area contributed by atoms with Gasteiger partial charge in [0.05, 0.1) is 5.70 Å². The molecule has 0 aliphatic carbocycles. The van der Waals surface area contributed by atoms with Gasteiger partial charge in [0.2, 0.25) is 0 Å². The topological polar surface area (TPSA) is 44.3 Å². The quantitative estimate of drug-likeness (QED) is 0.396. The summed E-state index contributed by atoms with van der Waals surface area (Å²) in [6.45, 7) is 1.67. The highest BCUT2D eigenvalue weighted by Crippen LogP contribution is 2.18. The molecule has 50 valence electrons. The smallest absolute Gasteiger partial charge is 0.112 e. The number of rotatable bonds is 0. The van der Waals surface area contributed by atoms with Crippen molar-refractivity contribution in [2.24, 2.45) is 0 Å². The van der Waals surface area contributed by atoms with Gasteiger partial charge in [-0.2, -0.15) is 0 Å². The molecule has 2 aliphatic heterocycles. The van der Waals surface area contributed by atoms with Crippen molar-refractivity contribution in [3.8, 4) is 0 Å². The first-order chi connectivity index (χ1) is 4.38. The number of nitrogens with one attached hydrogen (secondary N) is 2. The van der Waals surface area contributed by atoms with E-state index in [4.69, 9.17) is 0 Å². The second-order valence-corrected chi connectivity index (χ2v) is 2.47. The Morgan fingerprint density at radius 1 is 1.44 bits per heavy atom. The lowest BCUT2D eigenvalue weighted by atomic mass is 10.3. The van der Waals surface area contributed by atoms with Gasteiger partial charge in [-0.15, -0.1) is 0 Å². The van der Waals surface area contributed by atoms with E-state index in [1.165, 1.54) is 5.70 Å². The Balaban J connectivity index is 2.24. The second kappa shape index (κ2) is 1.64. The van der Waals surface area contributed by atoms with Crippen molar-refractivity contribution in [1.29, 1.82) is 0 Å². The summed E-state index contributed by atoms with van der Waals surface area (Å²) in [7, 11) is 0. The molecule has 0 bridgehead atoms. The molecule has 2 rings (SSSR count). The van der Waals surface area contributed by atoms with Crippen molar-refractivity contribution in [2.45, 2.75) is 12.5 Å². The zero-order chi connectivity index (χ0) is 6.27. The Morgan fingerprint density at radius 3 is 3.11 bits per heavy atom. The summed E-state index contributed by atoms with van der Waals surface area (Å²) in [5.41, 5.74) is 2.23. The fourth-order valence-corrected chi connectivity index (χ4v) is 1.39. The largest absolute Gasteiger partial charge is 0.385 e. The molecule has 0 saturated carbocycles. The molecule has 0 aromatic heterocycles. The third-order valence-corrected chi connectivity index (χ3v) is 1.86. The lowest BCUT2D eigenvalue weighted by Gasteiger charge is -2.05. The Hall–Kier alpha value is -0.700. The Labute approximate surface area is 53.8 Å². The maximum Gasteiger partial charge on any atom is 0.112 e. The molecule has 0 fully saturated rings. The summed E-state index contributed by atoms with van der Waals surface area (Å²) >= 11 is 0. The summed E-state index contributed by atoms with van der Waals surface area (Å²) in [4.78, 5) is 0. The number of aliphatic hydroxyl groups excluding tert-OH is 1. The first kappa shape index (κ1) is 5.11. The molecule has 2 aliphatic rings. The van der Waals surface area contributed by atoms with E-state index in [0.29, 0.717) is 6.54 Å². The van der Waals surface area contributed by atoms with Crippen molar-refractivity contribution in [3.05, 3.63) is 11.4 Å². The molecule has 0 aromatic carbocycles. The van der Waals surface area contributed by atoms with E-state index in [1.807, 2.05) is 0 Å². The fraction of sp³-hybridized carbons (Fsp3) is 0.667. The van der Waals surface area contributed by atoms with Gasteiger partial charge < -0.3 is 15.7 Å². The molecule has 3 nitrogen and oxygen atoms in total. The number of aliphatic hydroxyl groups is 1. The van der Waals surface area contributed by atoms with Crippen LogP contribution in [0.15, 0.2) is 11.4 Å². The highest BCUT2D eigenvalue weighted by Gasteiger charge is 2.26. The predicted molar refractivity (Wildman–Crippen MR) is 33.7 cm³/mol. The molecule has 1 atom stereocenters. The SMILES string of the molecule is O[C@H]1CNC2=C1NCC2. The van der Waals surface area contributed by atoms with E-state index in [-0.39, 0.29) is 6.10 Å². The third-order valence-electron chi connectivity index (χ3n) is 1.86. The van der Waals surface area contributed by atoms with Crippen molar-refractivity contribution in [2.75, 3.05) is 13.1 Å². The molecule has 9 heavy (non-hydrogen) atoms. The molecule has 3 N–H and O–H groups in total. The van der Waals surface area contributed by atoms with E-state index in [0.717, 1.165) is 18.7 Å². The van der Waals surface area contributed by atoms with Gasteiger partial charge in [0.15, 0.2) is 0 Å². The predicted octanol–water partition coefficient (Wildman–Crippen LogP) is -0.845. The molecule has 0 unspecified atom stereocenters. The van der Waals surface area contributed by atoms with Gasteiger partial charge >= 0.3 is 0 Å². The number of hydrogen-bond donors (Lipinski definition) is 3. The fourth-order valence-electron chi connectivity index (χ4n) is 1.39. The molecule has 2 heterocycles. The van der Waals surface area contributed by atoms with Crippen molar-refractivity contribution in [3.63, 3.8) is 0 Å². The van der Waals surface area contributed by atoms with Gasteiger partial charge in [0.1, 0.15) is 6.10 Å². The zero-order valence-electron chi connectivity index (χ0n) is 5.15. The molecule has 3 heteroatoms. The maximum absolute atomic E-state index is 9.22. The van der Waals surface area contributed by atoms with Crippen LogP contribution >= 0.6 is 0 Å². The lowest BCUT2D eigenvalue weighted by molar-refractivity contribution is 0.215. The van der Waals surface area contributed by atoms with E-state index >= 15 is 0 Å². The summed E-state index contributed by atoms with van der Waals surface area (Å²) in [6, 6.07) is 0. The van der Waals surface area contributed by atoms with Gasteiger partial charge in [-0.25, -0.2) is 0 Å². The van der Waals surface area contributed by atoms with Crippen molar-refractivity contribution in [1.82, 2.24) is 10.6 Å². The van der Waals surface area contributed by atoms with Crippen LogP contribution in [0.3, 0.4) is 0 Å². The van der Waals surface area contributed by atoms with Crippen molar-refractivity contribution >= 4 is 0 Å². The molecule has 0 spiro atoms. The molecule has 0 amide bonds. The van der Waals surface area contributed by atoms with Gasteiger partial charge in [0, 0.05) is 25.2 Å². The summed E-state index contributed by atoms with van der Waals surface area (Å²) < 4.78 is 0. The molecule has 0 aromatic rings. The van der Waals surface area contributed by atoms with Gasteiger partial charge in [-0.05, 0) is 0 Å². The third kappa shape index (κ3) is 0.612. The Bertz CT molecular complexity index is 164. The lowest BCUT2D eigenvalue weighted by Crippen LogP contribution is -2.24. The molecule has 0 saturated heterocycles. The van der Waals surface area contributed by atoms with E-state index in [2.05, 4.69) is 10.6 Å². The minimum atomic E-state index is -0.275. The molecular weight excluding hydrogens is 116 g/mol. The van der Waals surface area contributed by atoms with Crippen LogP contribution in [-0.4, -0.2) is 24.3 Å². The van der Waals surface area contributed by atoms with Crippen LogP contribution < -0.4 is 10.6 Å². The summed E-state index contributed by atoms with van der Waals surface area (Å²) in [5, 5.41) is 15.5. The van der Waals surface area contributed by atoms with E-state index < -0.39 is 0 Å². The van der Waals surface area contributed by atoms with Crippen LogP contribution in [0.2, 0.25) is 0 Å². The highest BCUT2D eigenvalue weighted by atomic mass is 16.3. The van der Waals surface area contributed by atoms with Gasteiger partial charge in [-0.1, -0.05) is 0 Å². The van der Waals surface area contributed by atoms with E-state index in [1.54, 1.807) is 0 Å². The zero-order valence-corrected chi connectivity index (χ0v) is 5.15. The first-order valence-electron chi connectivity index (χ1n) is 3.27. The molecular formula is C6H10N2O. The van der Waals surface area contributed by atoms with Crippen molar-refractivity contribution < 1.29 is 5.11 Å². The monoisotopic (exact) mass is 126 g/mol. The standard InChI is InChI=1S/C6H10N2O/c9-5-3-8-4-1-2-7-6(4)5/h5,7-9H,1-3H2/t5-/m0/s1. The summed E-state index contributed by atoms with van der Waals surface area (Å²) in [5.74, 6) is 0. The van der Waals surface area contributed by atoms with Gasteiger partial charge in [0.25, 0.3) is 0 Å². The maximum atomic E-state index is 9.22. The number of hydrogen-bond acceptors (Lipinski definition) is 3. The van der Waals surface area contributed by atoms with Crippen LogP contribution in [0.25, 0.3) is 0 Å². The number of β-amino-alcohol motifs (C(OH)–C–C–N with tert-alkyl or cyclic N) is 1. The molecule has 0 radical (unpaired) electrons. The first-order valence-corrected chi connectivity index (χ1v) is 3.27. The van der Waals surface area contributed by atoms with Gasteiger partial charge in [-0.3, -0.25) is 0 Å². The average Bonchev–Trinajstić information content (AvgIpc) is 2.35. The minimum absolute atomic E-state index is 0.275. The second-order valence-electron chi connectivity index (χ2n) is 2.47.